The smallest absolute Gasteiger partial charge is 0.145 e. The first-order valence-corrected chi connectivity index (χ1v) is 17.8. The van der Waals surface area contributed by atoms with E-state index in [0.717, 1.165) is 88.4 Å². The van der Waals surface area contributed by atoms with Crippen molar-refractivity contribution in [1.82, 2.24) is 9.13 Å². The van der Waals surface area contributed by atoms with E-state index >= 15 is 0 Å². The highest BCUT2D eigenvalue weighted by Crippen LogP contribution is 2.42. The molecule has 246 valence electrons. The van der Waals surface area contributed by atoms with Gasteiger partial charge in [0.1, 0.15) is 11.2 Å². The molecule has 0 atom stereocenters. The number of hydrogen-bond acceptors (Lipinski definition) is 2. The van der Waals surface area contributed by atoms with E-state index in [9.17, 15) is 5.26 Å². The molecule has 4 heteroatoms. The third kappa shape index (κ3) is 4.35. The minimum atomic E-state index is 0.626. The Morgan fingerprint density at radius 1 is 0.415 bits per heavy atom. The minimum Gasteiger partial charge on any atom is -0.455 e. The standard InChI is InChI=1S/C49H29N3O/c50-30-33-23-22-32(31-12-2-1-3-13-31)28-42(33)34-26-35(51-43-18-8-4-14-37(43)38-15-5-9-19-44(38)51)29-36(27-34)52-45-20-10-6-17-41(45)48-46(52)25-24-40-39-16-7-11-21-47(39)53-49(40)48/h1-29H. The van der Waals surface area contributed by atoms with Gasteiger partial charge in [-0.1, -0.05) is 109 Å². The van der Waals surface area contributed by atoms with Crippen molar-refractivity contribution < 1.29 is 4.42 Å². The number of furan rings is 1. The lowest BCUT2D eigenvalue weighted by molar-refractivity contribution is 0.673. The fourth-order valence-electron chi connectivity index (χ4n) is 8.41. The van der Waals surface area contributed by atoms with Gasteiger partial charge in [0.05, 0.1) is 39.1 Å². The molecule has 3 aromatic heterocycles. The molecule has 0 aliphatic carbocycles. The van der Waals surface area contributed by atoms with Crippen molar-refractivity contribution in [1.29, 1.82) is 5.26 Å². The van der Waals surface area contributed by atoms with Crippen molar-refractivity contribution in [3.05, 3.63) is 181 Å². The lowest BCUT2D eigenvalue weighted by Gasteiger charge is -2.17. The highest BCUT2D eigenvalue weighted by Gasteiger charge is 2.21. The first-order valence-electron chi connectivity index (χ1n) is 17.8. The second-order valence-electron chi connectivity index (χ2n) is 13.6. The normalized spacial score (nSPS) is 11.8. The van der Waals surface area contributed by atoms with Gasteiger partial charge in [0.25, 0.3) is 0 Å². The summed E-state index contributed by atoms with van der Waals surface area (Å²) in [4.78, 5) is 0. The number of aromatic nitrogens is 2. The van der Waals surface area contributed by atoms with Crippen LogP contribution >= 0.6 is 0 Å². The zero-order valence-electron chi connectivity index (χ0n) is 28.5. The Labute approximate surface area is 304 Å². The van der Waals surface area contributed by atoms with Gasteiger partial charge in [-0.15, -0.1) is 0 Å². The molecule has 0 spiro atoms. The number of nitrogens with zero attached hydrogens (tertiary/aromatic N) is 3. The van der Waals surface area contributed by atoms with E-state index in [1.165, 1.54) is 10.8 Å². The Morgan fingerprint density at radius 3 is 1.70 bits per heavy atom. The Bertz CT molecular complexity index is 3250. The van der Waals surface area contributed by atoms with E-state index in [2.05, 4.69) is 161 Å². The van der Waals surface area contributed by atoms with Gasteiger partial charge in [-0.25, -0.2) is 0 Å². The first-order chi connectivity index (χ1) is 26.2. The molecule has 3 heterocycles. The lowest BCUT2D eigenvalue weighted by Crippen LogP contribution is -2.00. The monoisotopic (exact) mass is 675 g/mol. The number of benzene rings is 8. The van der Waals surface area contributed by atoms with Gasteiger partial charge in [-0.2, -0.15) is 5.26 Å². The molecule has 0 bridgehead atoms. The van der Waals surface area contributed by atoms with E-state index in [0.29, 0.717) is 5.56 Å². The van der Waals surface area contributed by atoms with E-state index in [4.69, 9.17) is 4.42 Å². The Morgan fingerprint density at radius 2 is 1.00 bits per heavy atom. The van der Waals surface area contributed by atoms with Gasteiger partial charge >= 0.3 is 0 Å². The molecule has 53 heavy (non-hydrogen) atoms. The summed E-state index contributed by atoms with van der Waals surface area (Å²) in [5, 5.41) is 17.3. The highest BCUT2D eigenvalue weighted by molar-refractivity contribution is 6.24. The Balaban J connectivity index is 1.27. The second-order valence-corrected chi connectivity index (χ2v) is 13.6. The Hall–Kier alpha value is -7.35. The zero-order valence-corrected chi connectivity index (χ0v) is 28.5. The molecule has 4 nitrogen and oxygen atoms in total. The molecule has 0 aliphatic heterocycles. The molecule has 0 saturated heterocycles. The second kappa shape index (κ2) is 11.3. The fourth-order valence-corrected chi connectivity index (χ4v) is 8.41. The SMILES string of the molecule is N#Cc1ccc(-c2ccccc2)cc1-c1cc(-n2c3ccccc3c3ccccc32)cc(-n2c3ccccc3c3c4oc5ccccc5c4ccc32)c1. The minimum absolute atomic E-state index is 0.626. The third-order valence-corrected chi connectivity index (χ3v) is 10.7. The van der Waals surface area contributed by atoms with Gasteiger partial charge < -0.3 is 13.6 Å². The van der Waals surface area contributed by atoms with Gasteiger partial charge in [0.15, 0.2) is 0 Å². The molecule has 0 fully saturated rings. The van der Waals surface area contributed by atoms with Crippen LogP contribution < -0.4 is 0 Å². The summed E-state index contributed by atoms with van der Waals surface area (Å²) in [5.41, 5.74) is 12.8. The fraction of sp³-hybridized carbons (Fsp3) is 0. The highest BCUT2D eigenvalue weighted by atomic mass is 16.3. The van der Waals surface area contributed by atoms with Crippen molar-refractivity contribution >= 4 is 65.6 Å². The quantitative estimate of drug-likeness (QED) is 0.186. The summed E-state index contributed by atoms with van der Waals surface area (Å²) in [5.74, 6) is 0. The molecule has 11 rings (SSSR count). The number of para-hydroxylation sites is 4. The summed E-state index contributed by atoms with van der Waals surface area (Å²) >= 11 is 0. The maximum Gasteiger partial charge on any atom is 0.145 e. The van der Waals surface area contributed by atoms with Crippen molar-refractivity contribution in [3.8, 4) is 39.7 Å². The van der Waals surface area contributed by atoms with Crippen LogP contribution in [0.5, 0.6) is 0 Å². The van der Waals surface area contributed by atoms with Crippen LogP contribution in [0, 0.1) is 11.3 Å². The topological polar surface area (TPSA) is 46.8 Å². The molecular formula is C49H29N3O. The molecule has 0 radical (unpaired) electrons. The largest absolute Gasteiger partial charge is 0.455 e. The van der Waals surface area contributed by atoms with Crippen molar-refractivity contribution in [2.24, 2.45) is 0 Å². The van der Waals surface area contributed by atoms with Gasteiger partial charge in [-0.05, 0) is 83.4 Å². The summed E-state index contributed by atoms with van der Waals surface area (Å²) in [6.45, 7) is 0. The number of nitriles is 1. The predicted octanol–water partition coefficient (Wildman–Crippen LogP) is 13.0. The van der Waals surface area contributed by atoms with Crippen molar-refractivity contribution in [2.75, 3.05) is 0 Å². The van der Waals surface area contributed by atoms with E-state index in [1.807, 2.05) is 30.3 Å². The molecule has 11 aromatic rings. The van der Waals surface area contributed by atoms with E-state index in [-0.39, 0.29) is 0 Å². The molecule has 0 unspecified atom stereocenters. The van der Waals surface area contributed by atoms with Crippen molar-refractivity contribution in [3.63, 3.8) is 0 Å². The average molecular weight is 676 g/mol. The third-order valence-electron chi connectivity index (χ3n) is 10.7. The van der Waals surface area contributed by atoms with Gasteiger partial charge in [0, 0.05) is 43.9 Å². The van der Waals surface area contributed by atoms with Crippen LogP contribution in [-0.4, -0.2) is 9.13 Å². The molecule has 0 N–H and O–H groups in total. The van der Waals surface area contributed by atoms with Gasteiger partial charge in [-0.3, -0.25) is 0 Å². The number of fused-ring (bicyclic) bond motifs is 10. The van der Waals surface area contributed by atoms with E-state index < -0.39 is 0 Å². The zero-order chi connectivity index (χ0) is 35.0. The summed E-state index contributed by atoms with van der Waals surface area (Å²) < 4.78 is 11.3. The predicted molar refractivity (Wildman–Crippen MR) is 218 cm³/mol. The van der Waals surface area contributed by atoms with Crippen LogP contribution in [0.1, 0.15) is 5.56 Å². The summed E-state index contributed by atoms with van der Waals surface area (Å²) in [6.07, 6.45) is 0. The van der Waals surface area contributed by atoms with Crippen LogP contribution in [0.15, 0.2) is 180 Å². The summed E-state index contributed by atoms with van der Waals surface area (Å²) in [7, 11) is 0. The van der Waals surface area contributed by atoms with Gasteiger partial charge in [0.2, 0.25) is 0 Å². The first kappa shape index (κ1) is 29.4. The van der Waals surface area contributed by atoms with Crippen LogP contribution in [-0.2, 0) is 0 Å². The van der Waals surface area contributed by atoms with Crippen molar-refractivity contribution in [2.45, 2.75) is 0 Å². The maximum atomic E-state index is 10.5. The molecule has 0 saturated carbocycles. The average Bonchev–Trinajstić information content (AvgIpc) is 3.88. The van der Waals surface area contributed by atoms with Crippen LogP contribution in [0.25, 0.3) is 99.2 Å². The number of rotatable bonds is 4. The van der Waals surface area contributed by atoms with Crippen LogP contribution in [0.3, 0.4) is 0 Å². The molecular weight excluding hydrogens is 647 g/mol. The summed E-state index contributed by atoms with van der Waals surface area (Å²) in [6, 6.07) is 64.2. The van der Waals surface area contributed by atoms with E-state index in [1.54, 1.807) is 0 Å². The molecule has 0 aliphatic rings. The van der Waals surface area contributed by atoms with Crippen LogP contribution in [0.2, 0.25) is 0 Å². The maximum absolute atomic E-state index is 10.5. The molecule has 0 amide bonds. The van der Waals surface area contributed by atoms with Crippen LogP contribution in [0.4, 0.5) is 0 Å². The molecule has 8 aromatic carbocycles. The Kier molecular flexibility index (Phi) is 6.28. The number of hydrogen-bond donors (Lipinski definition) is 0. The lowest BCUT2D eigenvalue weighted by atomic mass is 9.94.